The van der Waals surface area contributed by atoms with Crippen LogP contribution < -0.4 is 14.2 Å². The number of para-hydroxylation sites is 2. The van der Waals surface area contributed by atoms with Crippen LogP contribution in [0, 0.1) is 5.82 Å². The monoisotopic (exact) mass is 453 g/mol. The second kappa shape index (κ2) is 11.0. The largest absolute Gasteiger partial charge is 0.497 e. The maximum Gasteiger partial charge on any atom is 0.339 e. The third-order valence-corrected chi connectivity index (χ3v) is 4.98. The summed E-state index contributed by atoms with van der Waals surface area (Å²) in [5, 5.41) is 9.29. The van der Waals surface area contributed by atoms with Crippen molar-refractivity contribution in [1.82, 2.24) is 4.90 Å². The molecule has 0 saturated carbocycles. The number of hydrogen-bond acceptors (Lipinski definition) is 5. The van der Waals surface area contributed by atoms with Crippen molar-refractivity contribution in [2.75, 3.05) is 20.8 Å². The maximum atomic E-state index is 14.2. The highest BCUT2D eigenvalue weighted by atomic mass is 19.1. The summed E-state index contributed by atoms with van der Waals surface area (Å²) in [5.74, 6) is -1.81. The molecule has 8 heteroatoms. The van der Waals surface area contributed by atoms with E-state index in [1.165, 1.54) is 17.0 Å². The van der Waals surface area contributed by atoms with Gasteiger partial charge in [0.15, 0.2) is 18.2 Å². The lowest BCUT2D eigenvalue weighted by atomic mass is 10.1. The molecule has 0 aliphatic rings. The van der Waals surface area contributed by atoms with Crippen LogP contribution >= 0.6 is 0 Å². The zero-order valence-electron chi connectivity index (χ0n) is 18.3. The Bertz CT molecular complexity index is 1120. The average molecular weight is 453 g/mol. The van der Waals surface area contributed by atoms with Crippen LogP contribution in [0.4, 0.5) is 4.39 Å². The van der Waals surface area contributed by atoms with Crippen LogP contribution in [0.15, 0.2) is 66.7 Å². The number of hydrogen-bond donors (Lipinski definition) is 1. The SMILES string of the molecule is COc1ccc(CN(Cc2ccccc2OC)C(=O)COc2c(F)cccc2C(=O)O)cc1. The molecule has 0 spiro atoms. The molecule has 0 radical (unpaired) electrons. The number of benzene rings is 3. The Morgan fingerprint density at radius 2 is 1.64 bits per heavy atom. The lowest BCUT2D eigenvalue weighted by Gasteiger charge is -2.24. The number of carboxylic acids is 1. The van der Waals surface area contributed by atoms with E-state index in [0.29, 0.717) is 11.5 Å². The van der Waals surface area contributed by atoms with Crippen LogP contribution in [0.1, 0.15) is 21.5 Å². The Labute approximate surface area is 190 Å². The number of amides is 1. The maximum absolute atomic E-state index is 14.2. The van der Waals surface area contributed by atoms with Crippen LogP contribution in [-0.4, -0.2) is 42.7 Å². The number of halogens is 1. The van der Waals surface area contributed by atoms with Crippen LogP contribution in [0.5, 0.6) is 17.2 Å². The number of ether oxygens (including phenoxy) is 3. The van der Waals surface area contributed by atoms with Gasteiger partial charge in [-0.1, -0.05) is 36.4 Å². The van der Waals surface area contributed by atoms with E-state index >= 15 is 0 Å². The Hall–Kier alpha value is -4.07. The van der Waals surface area contributed by atoms with Crippen molar-refractivity contribution in [2.45, 2.75) is 13.1 Å². The third-order valence-electron chi connectivity index (χ3n) is 4.98. The van der Waals surface area contributed by atoms with Gasteiger partial charge in [-0.3, -0.25) is 4.79 Å². The molecule has 3 aromatic carbocycles. The molecule has 1 amide bonds. The minimum absolute atomic E-state index is 0.210. The minimum atomic E-state index is -1.35. The highest BCUT2D eigenvalue weighted by Crippen LogP contribution is 2.24. The fraction of sp³-hybridized carbons (Fsp3) is 0.200. The molecular weight excluding hydrogens is 429 g/mol. The van der Waals surface area contributed by atoms with E-state index in [2.05, 4.69) is 0 Å². The second-order valence-corrected chi connectivity index (χ2v) is 7.12. The lowest BCUT2D eigenvalue weighted by molar-refractivity contribution is -0.134. The van der Waals surface area contributed by atoms with Gasteiger partial charge in [0.25, 0.3) is 5.91 Å². The molecule has 0 aromatic heterocycles. The van der Waals surface area contributed by atoms with Gasteiger partial charge in [0.1, 0.15) is 17.1 Å². The number of nitrogens with zero attached hydrogens (tertiary/aromatic N) is 1. The van der Waals surface area contributed by atoms with Crippen molar-refractivity contribution in [3.8, 4) is 17.2 Å². The number of aromatic carboxylic acids is 1. The molecular formula is C25H24FNO6. The number of methoxy groups -OCH3 is 2. The fourth-order valence-electron chi connectivity index (χ4n) is 3.27. The number of carbonyl (C=O) groups is 2. The van der Waals surface area contributed by atoms with E-state index in [9.17, 15) is 19.1 Å². The summed E-state index contributed by atoms with van der Waals surface area (Å²) in [7, 11) is 3.11. The van der Waals surface area contributed by atoms with E-state index in [-0.39, 0.29) is 18.7 Å². The predicted octanol–water partition coefficient (Wildman–Crippen LogP) is 4.15. The summed E-state index contributed by atoms with van der Waals surface area (Å²) >= 11 is 0. The van der Waals surface area contributed by atoms with Crippen LogP contribution in [0.25, 0.3) is 0 Å². The molecule has 0 heterocycles. The van der Waals surface area contributed by atoms with E-state index in [1.54, 1.807) is 32.4 Å². The summed E-state index contributed by atoms with van der Waals surface area (Å²) < 4.78 is 30.1. The van der Waals surface area contributed by atoms with Gasteiger partial charge < -0.3 is 24.2 Å². The van der Waals surface area contributed by atoms with Crippen molar-refractivity contribution < 1.29 is 33.3 Å². The number of carboxylic acid groups (broad SMARTS) is 1. The Balaban J connectivity index is 1.83. The van der Waals surface area contributed by atoms with Crippen LogP contribution in [0.2, 0.25) is 0 Å². The molecule has 0 aliphatic carbocycles. The molecule has 0 bridgehead atoms. The first-order valence-electron chi connectivity index (χ1n) is 10.1. The molecule has 3 rings (SSSR count). The molecule has 7 nitrogen and oxygen atoms in total. The van der Waals surface area contributed by atoms with Gasteiger partial charge in [-0.15, -0.1) is 0 Å². The molecule has 0 aliphatic heterocycles. The van der Waals surface area contributed by atoms with Crippen molar-refractivity contribution in [3.05, 3.63) is 89.2 Å². The van der Waals surface area contributed by atoms with E-state index in [1.807, 2.05) is 30.3 Å². The number of carbonyl (C=O) groups excluding carboxylic acids is 1. The molecule has 3 aromatic rings. The first-order valence-corrected chi connectivity index (χ1v) is 10.1. The third kappa shape index (κ3) is 6.00. The van der Waals surface area contributed by atoms with Gasteiger partial charge in [0.05, 0.1) is 14.2 Å². The van der Waals surface area contributed by atoms with Gasteiger partial charge in [0.2, 0.25) is 0 Å². The highest BCUT2D eigenvalue weighted by molar-refractivity contribution is 5.91. The summed E-state index contributed by atoms with van der Waals surface area (Å²) in [5.41, 5.74) is 1.27. The van der Waals surface area contributed by atoms with Crippen molar-refractivity contribution in [3.63, 3.8) is 0 Å². The van der Waals surface area contributed by atoms with E-state index in [4.69, 9.17) is 14.2 Å². The Kier molecular flexibility index (Phi) is 7.86. The molecule has 0 fully saturated rings. The van der Waals surface area contributed by atoms with Gasteiger partial charge in [-0.05, 0) is 35.9 Å². The van der Waals surface area contributed by atoms with E-state index in [0.717, 1.165) is 17.2 Å². The standard InChI is InChI=1S/C25H24FNO6/c1-31-19-12-10-17(11-13-19)14-27(15-18-6-3-4-9-22(18)32-2)23(28)16-33-24-20(25(29)30)7-5-8-21(24)26/h3-13H,14-16H2,1-2H3,(H,29,30). The molecule has 33 heavy (non-hydrogen) atoms. The fourth-order valence-corrected chi connectivity index (χ4v) is 3.27. The topological polar surface area (TPSA) is 85.3 Å². The predicted molar refractivity (Wildman–Crippen MR) is 119 cm³/mol. The van der Waals surface area contributed by atoms with Gasteiger partial charge in [0, 0.05) is 18.7 Å². The molecule has 172 valence electrons. The molecule has 1 N–H and O–H groups in total. The zero-order valence-corrected chi connectivity index (χ0v) is 18.3. The summed E-state index contributed by atoms with van der Waals surface area (Å²) in [6.07, 6.45) is 0. The zero-order chi connectivity index (χ0) is 23.8. The Morgan fingerprint density at radius 1 is 0.909 bits per heavy atom. The van der Waals surface area contributed by atoms with E-state index < -0.39 is 30.1 Å². The highest BCUT2D eigenvalue weighted by Gasteiger charge is 2.21. The number of rotatable bonds is 10. The smallest absolute Gasteiger partial charge is 0.339 e. The average Bonchev–Trinajstić information content (AvgIpc) is 2.83. The minimum Gasteiger partial charge on any atom is -0.497 e. The summed E-state index contributed by atoms with van der Waals surface area (Å²) in [6, 6.07) is 18.1. The van der Waals surface area contributed by atoms with Crippen LogP contribution in [0.3, 0.4) is 0 Å². The lowest BCUT2D eigenvalue weighted by Crippen LogP contribution is -2.34. The van der Waals surface area contributed by atoms with Gasteiger partial charge >= 0.3 is 5.97 Å². The molecule has 0 unspecified atom stereocenters. The van der Waals surface area contributed by atoms with Gasteiger partial charge in [-0.2, -0.15) is 0 Å². The molecule has 0 saturated heterocycles. The second-order valence-electron chi connectivity index (χ2n) is 7.12. The Morgan fingerprint density at radius 3 is 2.30 bits per heavy atom. The summed E-state index contributed by atoms with van der Waals surface area (Å²) in [4.78, 5) is 26.0. The normalized spacial score (nSPS) is 10.4. The quantitative estimate of drug-likeness (QED) is 0.497. The summed E-state index contributed by atoms with van der Waals surface area (Å²) in [6.45, 7) is -0.0822. The van der Waals surface area contributed by atoms with Crippen LogP contribution in [-0.2, 0) is 17.9 Å². The first-order chi connectivity index (χ1) is 15.9. The van der Waals surface area contributed by atoms with Crippen molar-refractivity contribution >= 4 is 11.9 Å². The molecule has 0 atom stereocenters. The first kappa shape index (κ1) is 23.6. The van der Waals surface area contributed by atoms with Crippen molar-refractivity contribution in [2.24, 2.45) is 0 Å². The van der Waals surface area contributed by atoms with Crippen molar-refractivity contribution in [1.29, 1.82) is 0 Å². The van der Waals surface area contributed by atoms with Gasteiger partial charge in [-0.25, -0.2) is 9.18 Å².